The number of sulfonamides is 1. The van der Waals surface area contributed by atoms with Crippen LogP contribution < -0.4 is 19.1 Å². The molecule has 2 amide bonds. The Balaban J connectivity index is 1.87. The monoisotopic (exact) mass is 689 g/mol. The van der Waals surface area contributed by atoms with Crippen LogP contribution in [0.3, 0.4) is 0 Å². The number of nitrogens with one attached hydrogen (secondary N) is 1. The molecule has 0 saturated carbocycles. The maximum absolute atomic E-state index is 15.2. The zero-order chi connectivity index (χ0) is 35.7. The number of benzene rings is 4. The van der Waals surface area contributed by atoms with E-state index in [4.69, 9.17) is 9.47 Å². The quantitative estimate of drug-likeness (QED) is 0.159. The van der Waals surface area contributed by atoms with Gasteiger partial charge in [0, 0.05) is 30.6 Å². The number of hydrogen-bond acceptors (Lipinski definition) is 6. The van der Waals surface area contributed by atoms with Gasteiger partial charge in [0.1, 0.15) is 18.4 Å². The molecule has 0 radical (unpaired) electrons. The van der Waals surface area contributed by atoms with E-state index in [1.54, 1.807) is 30.3 Å². The minimum absolute atomic E-state index is 0.120. The SMILES string of the molecule is CC[C@@H](C)NC(=O)[C@H](Cc1ccccc1)N(Cc1ccccc1F)C(=O)CN(c1cc(C)cc(C)c1)S(=O)(=O)c1ccc(OC)c(OC)c1. The number of amides is 2. The van der Waals surface area contributed by atoms with Crippen molar-refractivity contribution >= 4 is 27.5 Å². The smallest absolute Gasteiger partial charge is 0.264 e. The number of rotatable bonds is 15. The van der Waals surface area contributed by atoms with Crippen LogP contribution in [0.25, 0.3) is 0 Å². The number of carbonyl (C=O) groups excluding carboxylic acids is 2. The van der Waals surface area contributed by atoms with Gasteiger partial charge in [-0.25, -0.2) is 12.8 Å². The lowest BCUT2D eigenvalue weighted by Gasteiger charge is -2.34. The Bertz CT molecular complexity index is 1850. The Labute approximate surface area is 288 Å². The summed E-state index contributed by atoms with van der Waals surface area (Å²) in [5.74, 6) is -1.13. The summed E-state index contributed by atoms with van der Waals surface area (Å²) in [5, 5.41) is 2.98. The molecule has 0 heterocycles. The fourth-order valence-corrected chi connectivity index (χ4v) is 6.95. The molecule has 0 aliphatic rings. The van der Waals surface area contributed by atoms with Gasteiger partial charge in [-0.05, 0) is 74.2 Å². The van der Waals surface area contributed by atoms with Crippen LogP contribution in [0, 0.1) is 19.7 Å². The van der Waals surface area contributed by atoms with Crippen LogP contribution >= 0.6 is 0 Å². The second-order valence-corrected chi connectivity index (χ2v) is 13.9. The van der Waals surface area contributed by atoms with Gasteiger partial charge >= 0.3 is 0 Å². The van der Waals surface area contributed by atoms with Gasteiger partial charge in [0.15, 0.2) is 11.5 Å². The molecule has 0 bridgehead atoms. The van der Waals surface area contributed by atoms with Crippen molar-refractivity contribution in [2.45, 2.75) is 64.1 Å². The Morgan fingerprint density at radius 3 is 2.10 bits per heavy atom. The molecule has 0 spiro atoms. The summed E-state index contributed by atoms with van der Waals surface area (Å²) in [7, 11) is -1.56. The maximum atomic E-state index is 15.2. The molecule has 2 atom stereocenters. The van der Waals surface area contributed by atoms with Crippen molar-refractivity contribution in [2.24, 2.45) is 0 Å². The number of ether oxygens (including phenoxy) is 2. The number of halogens is 1. The Kier molecular flexibility index (Phi) is 12.4. The van der Waals surface area contributed by atoms with Crippen molar-refractivity contribution in [3.8, 4) is 11.5 Å². The Hall–Kier alpha value is -4.90. The first-order valence-corrected chi connectivity index (χ1v) is 17.5. The molecular weight excluding hydrogens is 645 g/mol. The van der Waals surface area contributed by atoms with E-state index >= 15 is 4.39 Å². The average Bonchev–Trinajstić information content (AvgIpc) is 3.08. The Morgan fingerprint density at radius 1 is 0.857 bits per heavy atom. The van der Waals surface area contributed by atoms with Gasteiger partial charge in [0.05, 0.1) is 24.8 Å². The van der Waals surface area contributed by atoms with Gasteiger partial charge < -0.3 is 19.7 Å². The lowest BCUT2D eigenvalue weighted by Crippen LogP contribution is -2.54. The molecule has 0 aliphatic heterocycles. The first kappa shape index (κ1) is 36.9. The molecule has 4 aromatic rings. The van der Waals surface area contributed by atoms with Crippen LogP contribution in [0.2, 0.25) is 0 Å². The topological polar surface area (TPSA) is 105 Å². The predicted molar refractivity (Wildman–Crippen MR) is 189 cm³/mol. The highest BCUT2D eigenvalue weighted by atomic mass is 32.2. The van der Waals surface area contributed by atoms with Crippen molar-refractivity contribution in [1.82, 2.24) is 10.2 Å². The average molecular weight is 690 g/mol. The van der Waals surface area contributed by atoms with Crippen LogP contribution in [-0.2, 0) is 32.6 Å². The standard InChI is InChI=1S/C38H44FN3O6S/c1-7-28(4)40-38(44)34(22-29-13-9-8-10-14-29)41(24-30-15-11-12-16-33(30)39)37(43)25-42(31-20-26(2)19-27(3)21-31)49(45,46)32-17-18-35(47-5)36(23-32)48-6/h8-21,23,28,34H,7,22,24-25H2,1-6H3,(H,40,44)/t28-,34+/m1/s1. The predicted octanol–water partition coefficient (Wildman–Crippen LogP) is 6.21. The van der Waals surface area contributed by atoms with Gasteiger partial charge in [-0.3, -0.25) is 13.9 Å². The van der Waals surface area contributed by atoms with Crippen molar-refractivity contribution in [2.75, 3.05) is 25.1 Å². The summed E-state index contributed by atoms with van der Waals surface area (Å²) >= 11 is 0. The molecule has 0 fully saturated rings. The van der Waals surface area contributed by atoms with E-state index in [1.165, 1.54) is 43.4 Å². The van der Waals surface area contributed by atoms with Crippen molar-refractivity contribution < 1.29 is 31.9 Å². The molecule has 0 aromatic heterocycles. The number of nitrogens with zero attached hydrogens (tertiary/aromatic N) is 2. The number of anilines is 1. The highest BCUT2D eigenvalue weighted by molar-refractivity contribution is 7.92. The normalized spacial score (nSPS) is 12.5. The van der Waals surface area contributed by atoms with E-state index in [1.807, 2.05) is 64.1 Å². The molecule has 0 aliphatic carbocycles. The molecule has 4 aromatic carbocycles. The molecule has 0 unspecified atom stereocenters. The minimum atomic E-state index is -4.41. The van der Waals surface area contributed by atoms with Crippen molar-refractivity contribution in [1.29, 1.82) is 0 Å². The minimum Gasteiger partial charge on any atom is -0.493 e. The first-order valence-electron chi connectivity index (χ1n) is 16.1. The van der Waals surface area contributed by atoms with Crippen molar-refractivity contribution in [3.63, 3.8) is 0 Å². The van der Waals surface area contributed by atoms with Crippen LogP contribution in [0.1, 0.15) is 42.5 Å². The molecule has 49 heavy (non-hydrogen) atoms. The second kappa shape index (κ2) is 16.5. The van der Waals surface area contributed by atoms with Crippen LogP contribution in [0.15, 0.2) is 95.9 Å². The van der Waals surface area contributed by atoms with Gasteiger partial charge in [-0.1, -0.05) is 61.5 Å². The van der Waals surface area contributed by atoms with E-state index in [9.17, 15) is 18.0 Å². The Morgan fingerprint density at radius 2 is 1.49 bits per heavy atom. The molecular formula is C38H44FN3O6S. The summed E-state index contributed by atoms with van der Waals surface area (Å²) in [5.41, 5.74) is 2.80. The number of methoxy groups -OCH3 is 2. The molecule has 260 valence electrons. The van der Waals surface area contributed by atoms with Gasteiger partial charge in [-0.15, -0.1) is 0 Å². The third-order valence-corrected chi connectivity index (χ3v) is 10.1. The maximum Gasteiger partial charge on any atom is 0.264 e. The lowest BCUT2D eigenvalue weighted by atomic mass is 10.0. The van der Waals surface area contributed by atoms with Crippen molar-refractivity contribution in [3.05, 3.63) is 119 Å². The third kappa shape index (κ3) is 9.17. The molecule has 9 nitrogen and oxygen atoms in total. The van der Waals surface area contributed by atoms with E-state index in [2.05, 4.69) is 5.32 Å². The van der Waals surface area contributed by atoms with Gasteiger partial charge in [-0.2, -0.15) is 0 Å². The lowest BCUT2D eigenvalue weighted by molar-refractivity contribution is -0.140. The zero-order valence-corrected chi connectivity index (χ0v) is 29.6. The van der Waals surface area contributed by atoms with E-state index in [0.29, 0.717) is 12.2 Å². The fourth-order valence-electron chi connectivity index (χ4n) is 5.53. The highest BCUT2D eigenvalue weighted by Gasteiger charge is 2.35. The molecule has 1 N–H and O–H groups in total. The summed E-state index contributed by atoms with van der Waals surface area (Å²) in [6.45, 7) is 6.51. The highest BCUT2D eigenvalue weighted by Crippen LogP contribution is 2.33. The number of carbonyl (C=O) groups is 2. The molecule has 4 rings (SSSR count). The summed E-state index contributed by atoms with van der Waals surface area (Å²) in [6, 6.07) is 23.4. The van der Waals surface area contributed by atoms with Gasteiger partial charge in [0.25, 0.3) is 10.0 Å². The van der Waals surface area contributed by atoms with Crippen LogP contribution in [0.4, 0.5) is 10.1 Å². The van der Waals surface area contributed by atoms with E-state index < -0.39 is 40.2 Å². The molecule has 0 saturated heterocycles. The zero-order valence-electron chi connectivity index (χ0n) is 28.8. The fraction of sp³-hybridized carbons (Fsp3) is 0.316. The number of hydrogen-bond donors (Lipinski definition) is 1. The first-order chi connectivity index (χ1) is 23.4. The van der Waals surface area contributed by atoms with Crippen LogP contribution in [-0.4, -0.2) is 58.0 Å². The third-order valence-electron chi connectivity index (χ3n) is 8.29. The summed E-state index contributed by atoms with van der Waals surface area (Å²) in [6.07, 6.45) is 0.768. The second-order valence-electron chi connectivity index (χ2n) is 12.0. The van der Waals surface area contributed by atoms with E-state index in [-0.39, 0.29) is 40.9 Å². The van der Waals surface area contributed by atoms with Crippen LogP contribution in [0.5, 0.6) is 11.5 Å². The van der Waals surface area contributed by atoms with Gasteiger partial charge in [0.2, 0.25) is 11.8 Å². The molecule has 11 heteroatoms. The largest absolute Gasteiger partial charge is 0.493 e. The summed E-state index contributed by atoms with van der Waals surface area (Å²) < 4.78 is 55.9. The number of aryl methyl sites for hydroxylation is 2. The summed E-state index contributed by atoms with van der Waals surface area (Å²) in [4.78, 5) is 29.8. The van der Waals surface area contributed by atoms with E-state index in [0.717, 1.165) is 21.0 Å².